The van der Waals surface area contributed by atoms with Crippen LogP contribution in [0, 0.1) is 5.92 Å². The van der Waals surface area contributed by atoms with E-state index in [1.807, 2.05) is 18.2 Å². The van der Waals surface area contributed by atoms with Gasteiger partial charge >= 0.3 is 0 Å². The van der Waals surface area contributed by atoms with Crippen molar-refractivity contribution in [1.82, 2.24) is 4.90 Å². The zero-order valence-electron chi connectivity index (χ0n) is 12.4. The number of aliphatic imine (C=N–C) groups is 1. The number of amidine groups is 1. The number of rotatable bonds is 3. The van der Waals surface area contributed by atoms with E-state index in [1.54, 1.807) is 7.11 Å². The molecule has 0 amide bonds. The molecule has 1 saturated heterocycles. The van der Waals surface area contributed by atoms with E-state index in [0.717, 1.165) is 43.6 Å². The maximum absolute atomic E-state index is 6.02. The maximum atomic E-state index is 6.02. The van der Waals surface area contributed by atoms with Crippen LogP contribution in [-0.2, 0) is 4.74 Å². The van der Waals surface area contributed by atoms with E-state index in [2.05, 4.69) is 18.7 Å². The Kier molecular flexibility index (Phi) is 4.84. The summed E-state index contributed by atoms with van der Waals surface area (Å²) in [6, 6.07) is 5.55. The molecule has 0 radical (unpaired) electrons. The number of morpholine rings is 1. The average Bonchev–Trinajstić information content (AvgIpc) is 2.47. The van der Waals surface area contributed by atoms with Crippen LogP contribution >= 0.6 is 0 Å². The largest absolute Gasteiger partial charge is 0.497 e. The normalized spacial score (nSPS) is 16.6. The highest BCUT2D eigenvalue weighted by Gasteiger charge is 2.18. The van der Waals surface area contributed by atoms with Crippen LogP contribution in [0.5, 0.6) is 5.75 Å². The molecule has 0 unspecified atom stereocenters. The number of benzene rings is 1. The molecule has 20 heavy (non-hydrogen) atoms. The van der Waals surface area contributed by atoms with Crippen molar-refractivity contribution in [3.8, 4) is 5.75 Å². The summed E-state index contributed by atoms with van der Waals surface area (Å²) in [7, 11) is 1.64. The number of ether oxygens (including phenoxy) is 2. The standard InChI is InChI=1S/C15H23N3O2/c1-11(2)15(18-6-8-20-9-7-18)17-14-10-12(19-3)4-5-13(14)16/h4-5,10-11H,6-9,16H2,1-3H3. The van der Waals surface area contributed by atoms with Crippen LogP contribution in [0.3, 0.4) is 0 Å². The number of nitrogens with two attached hydrogens (primary N) is 1. The number of nitrogen functional groups attached to an aromatic ring is 1. The quantitative estimate of drug-likeness (QED) is 0.523. The van der Waals surface area contributed by atoms with E-state index in [1.165, 1.54) is 0 Å². The van der Waals surface area contributed by atoms with Crippen molar-refractivity contribution in [2.75, 3.05) is 39.1 Å². The molecule has 2 N–H and O–H groups in total. The molecule has 1 aromatic carbocycles. The number of anilines is 1. The fourth-order valence-corrected chi connectivity index (χ4v) is 2.23. The Bertz CT molecular complexity index is 480. The van der Waals surface area contributed by atoms with Crippen molar-refractivity contribution < 1.29 is 9.47 Å². The fourth-order valence-electron chi connectivity index (χ4n) is 2.23. The van der Waals surface area contributed by atoms with Gasteiger partial charge in [-0.15, -0.1) is 0 Å². The summed E-state index contributed by atoms with van der Waals surface area (Å²) in [4.78, 5) is 7.04. The van der Waals surface area contributed by atoms with Crippen LogP contribution in [0.15, 0.2) is 23.2 Å². The van der Waals surface area contributed by atoms with Gasteiger partial charge in [-0.2, -0.15) is 0 Å². The highest BCUT2D eigenvalue weighted by Crippen LogP contribution is 2.28. The molecule has 0 saturated carbocycles. The Hall–Kier alpha value is -1.75. The van der Waals surface area contributed by atoms with Gasteiger partial charge in [-0.3, -0.25) is 0 Å². The number of hydrogen-bond donors (Lipinski definition) is 1. The SMILES string of the molecule is COc1ccc(N)c(N=C(C(C)C)N2CCOCC2)c1. The Labute approximate surface area is 120 Å². The Morgan fingerprint density at radius 1 is 1.35 bits per heavy atom. The van der Waals surface area contributed by atoms with Gasteiger partial charge in [0.15, 0.2) is 0 Å². The maximum Gasteiger partial charge on any atom is 0.121 e. The first-order chi connectivity index (χ1) is 9.61. The highest BCUT2D eigenvalue weighted by molar-refractivity contribution is 5.88. The summed E-state index contributed by atoms with van der Waals surface area (Å²) in [5.41, 5.74) is 7.44. The molecule has 5 heteroatoms. The molecule has 1 aliphatic rings. The topological polar surface area (TPSA) is 60.1 Å². The van der Waals surface area contributed by atoms with E-state index in [0.29, 0.717) is 11.6 Å². The van der Waals surface area contributed by atoms with Crippen LogP contribution in [0.1, 0.15) is 13.8 Å². The van der Waals surface area contributed by atoms with Crippen molar-refractivity contribution in [1.29, 1.82) is 0 Å². The van der Waals surface area contributed by atoms with Crippen LogP contribution in [-0.4, -0.2) is 44.1 Å². The van der Waals surface area contributed by atoms with Gasteiger partial charge < -0.3 is 20.1 Å². The summed E-state index contributed by atoms with van der Waals surface area (Å²) >= 11 is 0. The Morgan fingerprint density at radius 2 is 2.05 bits per heavy atom. The first kappa shape index (κ1) is 14.7. The molecule has 0 aromatic heterocycles. The minimum atomic E-state index is 0.332. The van der Waals surface area contributed by atoms with Gasteiger partial charge in [-0.1, -0.05) is 13.8 Å². The predicted octanol–water partition coefficient (Wildman–Crippen LogP) is 2.30. The Morgan fingerprint density at radius 3 is 2.65 bits per heavy atom. The van der Waals surface area contributed by atoms with Gasteiger partial charge in [-0.25, -0.2) is 4.99 Å². The lowest BCUT2D eigenvalue weighted by Gasteiger charge is -2.31. The van der Waals surface area contributed by atoms with Gasteiger partial charge in [0.2, 0.25) is 0 Å². The second-order valence-corrected chi connectivity index (χ2v) is 5.15. The zero-order chi connectivity index (χ0) is 14.5. The zero-order valence-corrected chi connectivity index (χ0v) is 12.4. The lowest BCUT2D eigenvalue weighted by Crippen LogP contribution is -2.42. The van der Waals surface area contributed by atoms with Gasteiger partial charge in [0.1, 0.15) is 11.6 Å². The minimum Gasteiger partial charge on any atom is -0.497 e. The van der Waals surface area contributed by atoms with Crippen LogP contribution in [0.25, 0.3) is 0 Å². The van der Waals surface area contributed by atoms with Gasteiger partial charge in [0.05, 0.1) is 31.7 Å². The van der Waals surface area contributed by atoms with E-state index in [4.69, 9.17) is 20.2 Å². The lowest BCUT2D eigenvalue weighted by atomic mass is 10.1. The number of hydrogen-bond acceptors (Lipinski definition) is 4. The summed E-state index contributed by atoms with van der Waals surface area (Å²) in [5, 5.41) is 0. The molecule has 2 rings (SSSR count). The van der Waals surface area contributed by atoms with Gasteiger partial charge in [0, 0.05) is 25.1 Å². The molecule has 0 atom stereocenters. The third kappa shape index (κ3) is 3.42. The van der Waals surface area contributed by atoms with Crippen molar-refractivity contribution in [3.63, 3.8) is 0 Å². The molecule has 5 nitrogen and oxygen atoms in total. The second-order valence-electron chi connectivity index (χ2n) is 5.15. The molecule has 0 spiro atoms. The van der Waals surface area contributed by atoms with Gasteiger partial charge in [-0.05, 0) is 12.1 Å². The molecular formula is C15H23N3O2. The molecular weight excluding hydrogens is 254 g/mol. The van der Waals surface area contributed by atoms with Crippen LogP contribution in [0.4, 0.5) is 11.4 Å². The predicted molar refractivity (Wildman–Crippen MR) is 81.7 cm³/mol. The lowest BCUT2D eigenvalue weighted by molar-refractivity contribution is 0.0663. The third-order valence-electron chi connectivity index (χ3n) is 3.32. The Balaban J connectivity index is 2.32. The van der Waals surface area contributed by atoms with Crippen molar-refractivity contribution in [2.45, 2.75) is 13.8 Å². The highest BCUT2D eigenvalue weighted by atomic mass is 16.5. The van der Waals surface area contributed by atoms with E-state index >= 15 is 0 Å². The monoisotopic (exact) mass is 277 g/mol. The summed E-state index contributed by atoms with van der Waals surface area (Å²) in [6.45, 7) is 7.54. The third-order valence-corrected chi connectivity index (χ3v) is 3.32. The van der Waals surface area contributed by atoms with E-state index in [9.17, 15) is 0 Å². The minimum absolute atomic E-state index is 0.332. The summed E-state index contributed by atoms with van der Waals surface area (Å²) in [6.07, 6.45) is 0. The molecule has 1 aliphatic heterocycles. The molecule has 0 aliphatic carbocycles. The summed E-state index contributed by atoms with van der Waals surface area (Å²) < 4.78 is 10.6. The smallest absolute Gasteiger partial charge is 0.121 e. The van der Waals surface area contributed by atoms with Crippen LogP contribution < -0.4 is 10.5 Å². The number of methoxy groups -OCH3 is 1. The van der Waals surface area contributed by atoms with Gasteiger partial charge in [0.25, 0.3) is 0 Å². The fraction of sp³-hybridized carbons (Fsp3) is 0.533. The summed E-state index contributed by atoms with van der Waals surface area (Å²) in [5.74, 6) is 2.15. The van der Waals surface area contributed by atoms with E-state index < -0.39 is 0 Å². The van der Waals surface area contributed by atoms with Crippen molar-refractivity contribution in [2.24, 2.45) is 10.9 Å². The van der Waals surface area contributed by atoms with Crippen LogP contribution in [0.2, 0.25) is 0 Å². The molecule has 1 heterocycles. The molecule has 0 bridgehead atoms. The second kappa shape index (κ2) is 6.61. The van der Waals surface area contributed by atoms with Crippen molar-refractivity contribution >= 4 is 17.2 Å². The first-order valence-corrected chi connectivity index (χ1v) is 6.96. The number of nitrogens with zero attached hydrogens (tertiary/aromatic N) is 2. The molecule has 110 valence electrons. The molecule has 1 fully saturated rings. The average molecular weight is 277 g/mol. The van der Waals surface area contributed by atoms with Crippen molar-refractivity contribution in [3.05, 3.63) is 18.2 Å². The van der Waals surface area contributed by atoms with E-state index in [-0.39, 0.29) is 0 Å². The molecule has 1 aromatic rings. The first-order valence-electron chi connectivity index (χ1n) is 6.96.